The lowest BCUT2D eigenvalue weighted by Gasteiger charge is -2.39. The molecule has 10 heteroatoms. The molecule has 1 amide bonds. The third-order valence-electron chi connectivity index (χ3n) is 5.67. The summed E-state index contributed by atoms with van der Waals surface area (Å²) in [5.74, 6) is -0.292. The number of pyridine rings is 1. The first-order valence-corrected chi connectivity index (χ1v) is 11.5. The van der Waals surface area contributed by atoms with E-state index in [1.807, 2.05) is 12.1 Å². The predicted molar refractivity (Wildman–Crippen MR) is 127 cm³/mol. The van der Waals surface area contributed by atoms with Gasteiger partial charge in [0, 0.05) is 36.9 Å². The summed E-state index contributed by atoms with van der Waals surface area (Å²) in [6.45, 7) is 5.77. The van der Waals surface area contributed by atoms with Crippen molar-refractivity contribution >= 4 is 23.3 Å². The number of aromatic nitrogens is 1. The van der Waals surface area contributed by atoms with Crippen LogP contribution in [0.1, 0.15) is 39.2 Å². The fraction of sp³-hybridized carbons (Fsp3) is 0.480. The largest absolute Gasteiger partial charge is 0.444 e. The third-order valence-corrected chi connectivity index (χ3v) is 5.67. The van der Waals surface area contributed by atoms with E-state index in [0.717, 1.165) is 11.8 Å². The molecule has 2 heterocycles. The minimum absolute atomic E-state index is 0.0817. The average molecular weight is 493 g/mol. The molecule has 0 saturated carbocycles. The molecule has 1 fully saturated rings. The number of anilines is 2. The number of Topliss-reactive ketones (excluding diaryl/α,β-unsaturated/α-hetero) is 1. The number of likely N-dealkylation sites (tertiary alicyclic amines) is 1. The number of amides is 1. The minimum atomic E-state index is -4.55. The molecule has 0 aliphatic carbocycles. The van der Waals surface area contributed by atoms with Crippen molar-refractivity contribution in [2.75, 3.05) is 30.3 Å². The molecule has 1 saturated heterocycles. The van der Waals surface area contributed by atoms with Crippen LogP contribution in [0.25, 0.3) is 0 Å². The van der Waals surface area contributed by atoms with Crippen molar-refractivity contribution in [3.05, 3.63) is 54.4 Å². The normalized spacial score (nSPS) is 18.6. The number of halogens is 3. The second-order valence-corrected chi connectivity index (χ2v) is 9.56. The highest BCUT2D eigenvalue weighted by Crippen LogP contribution is 2.34. The van der Waals surface area contributed by atoms with Crippen LogP contribution in [-0.4, -0.2) is 53.0 Å². The summed E-state index contributed by atoms with van der Waals surface area (Å²) in [7, 11) is 0. The molecule has 0 radical (unpaired) electrons. The van der Waals surface area contributed by atoms with Gasteiger partial charge in [0.25, 0.3) is 0 Å². The highest BCUT2D eigenvalue weighted by Gasteiger charge is 2.38. The minimum Gasteiger partial charge on any atom is -0.444 e. The van der Waals surface area contributed by atoms with Gasteiger partial charge in [0.05, 0.1) is 18.2 Å². The van der Waals surface area contributed by atoms with Crippen molar-refractivity contribution in [1.82, 2.24) is 9.88 Å². The van der Waals surface area contributed by atoms with Gasteiger partial charge in [0.15, 0.2) is 5.78 Å². The number of nitrogens with one attached hydrogen (secondary N) is 2. The lowest BCUT2D eigenvalue weighted by molar-refractivity contribution is -0.137. The van der Waals surface area contributed by atoms with E-state index in [2.05, 4.69) is 15.6 Å². The summed E-state index contributed by atoms with van der Waals surface area (Å²) in [6.07, 6.45) is -0.783. The maximum absolute atomic E-state index is 13.3. The molecule has 2 N–H and O–H groups in total. The number of ether oxygens (including phenoxy) is 1. The van der Waals surface area contributed by atoms with Gasteiger partial charge < -0.3 is 15.4 Å². The standard InChI is InChI=1S/C25H31F3N4O3/c1-24(2,3)35-23(34)32-13-10-17(15-30-18-8-11-29-12-9-18)14-21(32)22(33)16-31-20-7-5-4-6-19(20)25(26,27)28/h4-9,11-12,17,21,31H,10,13-16H2,1-3H3,(H,29,30). The summed E-state index contributed by atoms with van der Waals surface area (Å²) in [4.78, 5) is 31.4. The molecule has 1 aromatic carbocycles. The van der Waals surface area contributed by atoms with E-state index in [-0.39, 0.29) is 23.9 Å². The first kappa shape index (κ1) is 26.3. The number of rotatable bonds is 7. The molecule has 1 aliphatic rings. The van der Waals surface area contributed by atoms with E-state index in [9.17, 15) is 22.8 Å². The molecule has 2 unspecified atom stereocenters. The van der Waals surface area contributed by atoms with Crippen LogP contribution in [0, 0.1) is 5.92 Å². The Morgan fingerprint density at radius 3 is 2.43 bits per heavy atom. The Hall–Kier alpha value is -3.30. The van der Waals surface area contributed by atoms with E-state index in [1.165, 1.54) is 23.1 Å². The smallest absolute Gasteiger partial charge is 0.418 e. The monoisotopic (exact) mass is 492 g/mol. The maximum Gasteiger partial charge on any atom is 0.418 e. The predicted octanol–water partition coefficient (Wildman–Crippen LogP) is 5.21. The van der Waals surface area contributed by atoms with Gasteiger partial charge in [-0.2, -0.15) is 13.2 Å². The van der Waals surface area contributed by atoms with Crippen molar-refractivity contribution in [3.63, 3.8) is 0 Å². The molecule has 190 valence electrons. The van der Waals surface area contributed by atoms with Gasteiger partial charge in [-0.05, 0) is 63.8 Å². The van der Waals surface area contributed by atoms with E-state index in [4.69, 9.17) is 4.74 Å². The number of hydrogen-bond acceptors (Lipinski definition) is 6. The topological polar surface area (TPSA) is 83.6 Å². The number of carbonyl (C=O) groups is 2. The Kier molecular flexibility index (Phi) is 8.24. The fourth-order valence-corrected chi connectivity index (χ4v) is 3.98. The molecule has 7 nitrogen and oxygen atoms in total. The zero-order valence-corrected chi connectivity index (χ0v) is 20.1. The van der Waals surface area contributed by atoms with E-state index < -0.39 is 29.5 Å². The summed E-state index contributed by atoms with van der Waals surface area (Å²) in [6, 6.07) is 7.86. The molecule has 2 atom stereocenters. The van der Waals surface area contributed by atoms with E-state index >= 15 is 0 Å². The highest BCUT2D eigenvalue weighted by molar-refractivity contribution is 5.91. The Labute approximate surface area is 203 Å². The van der Waals surface area contributed by atoms with Gasteiger partial charge in [0.2, 0.25) is 0 Å². The van der Waals surface area contributed by atoms with Crippen LogP contribution >= 0.6 is 0 Å². The van der Waals surface area contributed by atoms with Crippen molar-refractivity contribution in [3.8, 4) is 0 Å². The lowest BCUT2D eigenvalue weighted by Crippen LogP contribution is -2.53. The number of benzene rings is 1. The molecule has 35 heavy (non-hydrogen) atoms. The molecular weight excluding hydrogens is 461 g/mol. The van der Waals surface area contributed by atoms with Crippen LogP contribution in [0.5, 0.6) is 0 Å². The number of hydrogen-bond donors (Lipinski definition) is 2. The second-order valence-electron chi connectivity index (χ2n) is 9.56. The number of piperidine rings is 1. The number of nitrogens with zero attached hydrogens (tertiary/aromatic N) is 2. The third kappa shape index (κ3) is 7.60. The van der Waals surface area contributed by atoms with Crippen molar-refractivity contribution in [2.24, 2.45) is 5.92 Å². The molecule has 0 spiro atoms. The Morgan fingerprint density at radius 2 is 1.77 bits per heavy atom. The van der Waals surface area contributed by atoms with Crippen molar-refractivity contribution < 1.29 is 27.5 Å². The van der Waals surface area contributed by atoms with Gasteiger partial charge in [-0.25, -0.2) is 4.79 Å². The zero-order valence-electron chi connectivity index (χ0n) is 20.1. The highest BCUT2D eigenvalue weighted by atomic mass is 19.4. The molecule has 0 bridgehead atoms. The summed E-state index contributed by atoms with van der Waals surface area (Å²) in [5.41, 5.74) is -0.874. The van der Waals surface area contributed by atoms with Crippen molar-refractivity contribution in [2.45, 2.75) is 51.4 Å². The van der Waals surface area contributed by atoms with Gasteiger partial charge in [-0.1, -0.05) is 12.1 Å². The molecule has 1 aliphatic heterocycles. The maximum atomic E-state index is 13.3. The quantitative estimate of drug-likeness (QED) is 0.552. The Morgan fingerprint density at radius 1 is 1.09 bits per heavy atom. The average Bonchev–Trinajstić information content (AvgIpc) is 2.80. The van der Waals surface area contributed by atoms with Crippen LogP contribution in [0.4, 0.5) is 29.3 Å². The first-order chi connectivity index (χ1) is 16.4. The summed E-state index contributed by atoms with van der Waals surface area (Å²) >= 11 is 0. The van der Waals surface area contributed by atoms with Gasteiger partial charge in [-0.3, -0.25) is 14.7 Å². The molecule has 3 rings (SSSR count). The van der Waals surface area contributed by atoms with Crippen LogP contribution in [-0.2, 0) is 15.7 Å². The second kappa shape index (κ2) is 11.0. The van der Waals surface area contributed by atoms with Gasteiger partial charge in [-0.15, -0.1) is 0 Å². The summed E-state index contributed by atoms with van der Waals surface area (Å²) in [5, 5.41) is 5.94. The SMILES string of the molecule is CC(C)(C)OC(=O)N1CCC(CNc2ccncc2)CC1C(=O)CNc1ccccc1C(F)(F)F. The van der Waals surface area contributed by atoms with E-state index in [1.54, 1.807) is 33.2 Å². The summed E-state index contributed by atoms with van der Waals surface area (Å²) < 4.78 is 45.5. The fourth-order valence-electron chi connectivity index (χ4n) is 3.98. The van der Waals surface area contributed by atoms with Crippen LogP contribution in [0.2, 0.25) is 0 Å². The molecular formula is C25H31F3N4O3. The number of alkyl halides is 3. The van der Waals surface area contributed by atoms with Crippen molar-refractivity contribution in [1.29, 1.82) is 0 Å². The van der Waals surface area contributed by atoms with Gasteiger partial charge >= 0.3 is 12.3 Å². The number of para-hydroxylation sites is 1. The number of ketones is 1. The Bertz CT molecular complexity index is 1010. The number of carbonyl (C=O) groups excluding carboxylic acids is 2. The zero-order chi connectivity index (χ0) is 25.6. The Balaban J connectivity index is 1.72. The molecule has 1 aromatic heterocycles. The van der Waals surface area contributed by atoms with Gasteiger partial charge in [0.1, 0.15) is 5.60 Å². The molecule has 2 aromatic rings. The van der Waals surface area contributed by atoms with Crippen LogP contribution in [0.15, 0.2) is 48.8 Å². The van der Waals surface area contributed by atoms with Crippen LogP contribution in [0.3, 0.4) is 0 Å². The van der Waals surface area contributed by atoms with E-state index in [0.29, 0.717) is 25.9 Å². The van der Waals surface area contributed by atoms with Crippen LogP contribution < -0.4 is 10.6 Å². The first-order valence-electron chi connectivity index (χ1n) is 11.5. The lowest BCUT2D eigenvalue weighted by atomic mass is 9.88.